The van der Waals surface area contributed by atoms with E-state index in [0.717, 1.165) is 0 Å². The second kappa shape index (κ2) is 14.7. The highest BCUT2D eigenvalue weighted by Crippen LogP contribution is 2.43. The molecule has 2 aliphatic rings. The molecule has 1 N–H and O–H groups in total. The molecule has 47 heavy (non-hydrogen) atoms. The maximum atomic E-state index is 12.8. The predicted octanol–water partition coefficient (Wildman–Crippen LogP) is 3.44. The maximum absolute atomic E-state index is 12.8. The summed E-state index contributed by atoms with van der Waals surface area (Å²) in [5.41, 5.74) is -0.455. The number of nitrogens with zero attached hydrogens (tertiary/aromatic N) is 7. The highest BCUT2D eigenvalue weighted by molar-refractivity contribution is 7.46. The Morgan fingerprint density at radius 3 is 2.87 bits per heavy atom. The third-order valence-corrected chi connectivity index (χ3v) is 7.99. The lowest BCUT2D eigenvalue weighted by molar-refractivity contribution is -0.386. The smallest absolute Gasteiger partial charge is 0.454 e. The molecule has 2 aromatic heterocycles. The zero-order valence-electron chi connectivity index (χ0n) is 25.7. The predicted molar refractivity (Wildman–Crippen MR) is 162 cm³/mol. The minimum absolute atomic E-state index is 0.0613. The molecule has 2 aliphatic heterocycles. The van der Waals surface area contributed by atoms with Crippen LogP contribution in [0.4, 0.5) is 16.4 Å². The number of fused-ring (bicyclic) bond motifs is 2. The van der Waals surface area contributed by atoms with Gasteiger partial charge in [-0.05, 0) is 13.0 Å². The summed E-state index contributed by atoms with van der Waals surface area (Å²) in [6.45, 7) is 2.92. The first kappa shape index (κ1) is 33.5. The number of ether oxygens (including phenoxy) is 5. The molecule has 1 aromatic carbocycles. The fourth-order valence-electron chi connectivity index (χ4n) is 4.74. The lowest BCUT2D eigenvalue weighted by Gasteiger charge is -2.22. The Bertz CT molecular complexity index is 1760. The monoisotopic (exact) mass is 674 g/mol. The minimum Gasteiger partial charge on any atom is -0.454 e. The van der Waals surface area contributed by atoms with Gasteiger partial charge >= 0.3 is 6.16 Å². The lowest BCUT2D eigenvalue weighted by atomic mass is 10.1. The second-order valence-corrected chi connectivity index (χ2v) is 11.8. The SMILES string of the molecule is CC(OC(=O)OCC1OC(n2ncc3c(=O)[nH]c(N=CN(C)C)nc32)CC1OP(C)OCCC#N)c1cc2c(cc1[N+](=O)[O-])OCO2. The molecule has 5 atom stereocenters. The van der Waals surface area contributed by atoms with Gasteiger partial charge in [0.05, 0.1) is 54.3 Å². The maximum Gasteiger partial charge on any atom is 0.508 e. The summed E-state index contributed by atoms with van der Waals surface area (Å²) in [5.74, 6) is 0.558. The molecule has 250 valence electrons. The summed E-state index contributed by atoms with van der Waals surface area (Å²) in [6, 6.07) is 4.59. The van der Waals surface area contributed by atoms with E-state index in [2.05, 4.69) is 20.1 Å². The summed E-state index contributed by atoms with van der Waals surface area (Å²) in [7, 11) is 2.08. The quantitative estimate of drug-likeness (QED) is 0.0521. The summed E-state index contributed by atoms with van der Waals surface area (Å²) < 4.78 is 40.6. The summed E-state index contributed by atoms with van der Waals surface area (Å²) >= 11 is 0. The van der Waals surface area contributed by atoms with Crippen molar-refractivity contribution in [2.75, 3.05) is 40.8 Å². The minimum atomic E-state index is -1.46. The van der Waals surface area contributed by atoms with Crippen molar-refractivity contribution in [3.05, 3.63) is 44.4 Å². The van der Waals surface area contributed by atoms with Gasteiger partial charge in [-0.3, -0.25) is 19.9 Å². The van der Waals surface area contributed by atoms with Crippen LogP contribution in [-0.2, 0) is 23.3 Å². The van der Waals surface area contributed by atoms with Crippen LogP contribution in [0.1, 0.15) is 37.7 Å². The number of hydrogen-bond acceptors (Lipinski definition) is 15. The summed E-state index contributed by atoms with van der Waals surface area (Å²) in [5, 5.41) is 25.0. The molecule has 4 heterocycles. The molecular weight excluding hydrogens is 643 g/mol. The van der Waals surface area contributed by atoms with Gasteiger partial charge in [-0.25, -0.2) is 14.5 Å². The van der Waals surface area contributed by atoms with Crippen molar-refractivity contribution in [1.82, 2.24) is 24.6 Å². The van der Waals surface area contributed by atoms with Gasteiger partial charge in [0.15, 0.2) is 31.7 Å². The summed E-state index contributed by atoms with van der Waals surface area (Å²) in [6.07, 6.45) is -1.28. The number of aromatic nitrogens is 4. The van der Waals surface area contributed by atoms with Crippen molar-refractivity contribution in [1.29, 1.82) is 5.26 Å². The molecule has 1 saturated heterocycles. The Morgan fingerprint density at radius 2 is 2.15 bits per heavy atom. The number of hydrogen-bond donors (Lipinski definition) is 1. The molecule has 0 radical (unpaired) electrons. The average Bonchev–Trinajstić information content (AvgIpc) is 3.76. The number of benzene rings is 1. The summed E-state index contributed by atoms with van der Waals surface area (Å²) in [4.78, 5) is 49.4. The van der Waals surface area contributed by atoms with Crippen LogP contribution < -0.4 is 15.0 Å². The van der Waals surface area contributed by atoms with E-state index >= 15 is 0 Å². The topological polar surface area (TPSA) is 228 Å². The van der Waals surface area contributed by atoms with E-state index in [4.69, 9.17) is 38.0 Å². The fraction of sp³-hybridized carbons (Fsp3) is 0.481. The first-order valence-corrected chi connectivity index (χ1v) is 15.8. The number of rotatable bonds is 13. The van der Waals surface area contributed by atoms with Crippen molar-refractivity contribution in [3.63, 3.8) is 0 Å². The van der Waals surface area contributed by atoms with Crippen LogP contribution in [0.25, 0.3) is 11.0 Å². The Balaban J connectivity index is 1.31. The van der Waals surface area contributed by atoms with E-state index in [1.165, 1.54) is 36.3 Å². The third kappa shape index (κ3) is 7.92. The van der Waals surface area contributed by atoms with E-state index in [-0.39, 0.29) is 72.6 Å². The van der Waals surface area contributed by atoms with Gasteiger partial charge in [0.2, 0.25) is 12.7 Å². The Labute approximate surface area is 268 Å². The van der Waals surface area contributed by atoms with E-state index in [0.29, 0.717) is 0 Å². The number of aromatic amines is 1. The number of H-pyrrole nitrogens is 1. The molecule has 20 heteroatoms. The lowest BCUT2D eigenvalue weighted by Crippen LogP contribution is -2.30. The Hall–Kier alpha value is -4.89. The zero-order valence-corrected chi connectivity index (χ0v) is 26.6. The van der Waals surface area contributed by atoms with E-state index in [9.17, 15) is 19.7 Å². The van der Waals surface area contributed by atoms with Crippen molar-refractivity contribution >= 4 is 43.5 Å². The molecule has 0 amide bonds. The van der Waals surface area contributed by atoms with Crippen LogP contribution in [0.3, 0.4) is 0 Å². The standard InChI is InChI=1S/C27H31N8O11P/c1-15(16-8-19-20(42-14-41-19)9-18(16)35(38)39)44-27(37)40-12-22-21(46-47(4)43-7-5-6-28)10-23(45-22)34-24-17(11-30-34)25(36)32-26(31-24)29-13-33(2)3/h8-9,11,13,15,21-23H,5,7,10,12,14H2,1-4H3,(H,31,32,36). The third-order valence-electron chi connectivity index (χ3n) is 6.88. The highest BCUT2D eigenvalue weighted by atomic mass is 31.2. The fourth-order valence-corrected chi connectivity index (χ4v) is 5.75. The Morgan fingerprint density at radius 1 is 1.38 bits per heavy atom. The highest BCUT2D eigenvalue weighted by Gasteiger charge is 2.41. The molecule has 1 fully saturated rings. The first-order valence-electron chi connectivity index (χ1n) is 14.2. The number of nitro benzene ring substituents is 1. The van der Waals surface area contributed by atoms with Crippen molar-refractivity contribution in [2.24, 2.45) is 4.99 Å². The van der Waals surface area contributed by atoms with E-state index in [1.807, 2.05) is 6.07 Å². The largest absolute Gasteiger partial charge is 0.508 e. The molecule has 0 bridgehead atoms. The Kier molecular flexibility index (Phi) is 10.5. The van der Waals surface area contributed by atoms with Crippen molar-refractivity contribution < 1.29 is 42.4 Å². The number of nitro groups is 1. The van der Waals surface area contributed by atoms with E-state index < -0.39 is 49.6 Å². The van der Waals surface area contributed by atoms with Crippen LogP contribution in [0.15, 0.2) is 28.1 Å². The molecule has 3 aromatic rings. The van der Waals surface area contributed by atoms with Gasteiger partial charge in [0.25, 0.3) is 11.2 Å². The van der Waals surface area contributed by atoms with Gasteiger partial charge in [0.1, 0.15) is 24.2 Å². The molecular formula is C27H31N8O11P. The van der Waals surface area contributed by atoms with E-state index in [1.54, 1.807) is 25.7 Å². The molecule has 0 spiro atoms. The second-order valence-electron chi connectivity index (χ2n) is 10.5. The number of nitrogens with one attached hydrogen (secondary N) is 1. The average molecular weight is 675 g/mol. The molecule has 5 rings (SSSR count). The van der Waals surface area contributed by atoms with Crippen LogP contribution in [-0.4, -0.2) is 95.0 Å². The van der Waals surface area contributed by atoms with Crippen LogP contribution >= 0.6 is 8.38 Å². The molecule has 5 unspecified atom stereocenters. The molecule has 0 saturated carbocycles. The van der Waals surface area contributed by atoms with Crippen molar-refractivity contribution in [2.45, 2.75) is 44.3 Å². The van der Waals surface area contributed by atoms with Crippen molar-refractivity contribution in [3.8, 4) is 17.6 Å². The van der Waals surface area contributed by atoms with Gasteiger partial charge in [-0.1, -0.05) is 0 Å². The van der Waals surface area contributed by atoms with Crippen LogP contribution in [0.5, 0.6) is 11.5 Å². The van der Waals surface area contributed by atoms with Gasteiger partial charge in [0, 0.05) is 27.2 Å². The van der Waals surface area contributed by atoms with Crippen LogP contribution in [0.2, 0.25) is 0 Å². The normalized spacial score (nSPS) is 19.9. The van der Waals surface area contributed by atoms with Gasteiger partial charge < -0.3 is 37.6 Å². The number of carbonyl (C=O) groups excluding carboxylic acids is 1. The van der Waals surface area contributed by atoms with Crippen LogP contribution in [0, 0.1) is 21.4 Å². The zero-order chi connectivity index (χ0) is 33.7. The van der Waals surface area contributed by atoms with Gasteiger partial charge in [-0.15, -0.1) is 0 Å². The molecule has 0 aliphatic carbocycles. The number of carbonyl (C=O) groups is 1. The number of aliphatic imine (C=N–C) groups is 1. The first-order chi connectivity index (χ1) is 22.5. The number of nitriles is 1. The van der Waals surface area contributed by atoms with Gasteiger partial charge in [-0.2, -0.15) is 15.3 Å². The molecule has 19 nitrogen and oxygen atoms in total.